The molecule has 1 aliphatic rings. The van der Waals surface area contributed by atoms with Crippen LogP contribution in [-0.4, -0.2) is 20.1 Å². The Morgan fingerprint density at radius 2 is 1.88 bits per heavy atom. The molecule has 0 heterocycles. The topological polar surface area (TPSA) is 66.4 Å². The molecule has 3 rings (SSSR count). The van der Waals surface area contributed by atoms with Crippen LogP contribution in [0.3, 0.4) is 0 Å². The molecule has 0 radical (unpaired) electrons. The lowest BCUT2D eigenvalue weighted by molar-refractivity contribution is 0.0443. The van der Waals surface area contributed by atoms with Crippen molar-refractivity contribution < 1.29 is 13.5 Å². The van der Waals surface area contributed by atoms with Gasteiger partial charge in [0, 0.05) is 12.0 Å². The Morgan fingerprint density at radius 3 is 2.62 bits per heavy atom. The number of benzene rings is 2. The molecule has 2 aromatic carbocycles. The third kappa shape index (κ3) is 3.75. The van der Waals surface area contributed by atoms with E-state index >= 15 is 0 Å². The van der Waals surface area contributed by atoms with Crippen molar-refractivity contribution in [3.8, 4) is 0 Å². The summed E-state index contributed by atoms with van der Waals surface area (Å²) in [5.41, 5.74) is 2.69. The Labute approximate surface area is 142 Å². The Morgan fingerprint density at radius 1 is 1.17 bits per heavy atom. The van der Waals surface area contributed by atoms with Crippen LogP contribution in [-0.2, 0) is 22.0 Å². The van der Waals surface area contributed by atoms with Gasteiger partial charge in [-0.05, 0) is 42.5 Å². The fourth-order valence-corrected chi connectivity index (χ4v) is 3.84. The fourth-order valence-electron chi connectivity index (χ4n) is 2.97. The molecule has 0 aromatic heterocycles. The van der Waals surface area contributed by atoms with Crippen molar-refractivity contribution in [2.75, 3.05) is 6.54 Å². The lowest BCUT2D eigenvalue weighted by Crippen LogP contribution is -2.38. The van der Waals surface area contributed by atoms with Crippen LogP contribution < -0.4 is 4.72 Å². The molecule has 0 spiro atoms. The zero-order valence-electron chi connectivity index (χ0n) is 13.6. The van der Waals surface area contributed by atoms with Gasteiger partial charge >= 0.3 is 0 Å². The van der Waals surface area contributed by atoms with Crippen LogP contribution in [0.4, 0.5) is 0 Å². The van der Waals surface area contributed by atoms with Crippen LogP contribution in [0.2, 0.25) is 0 Å². The van der Waals surface area contributed by atoms with E-state index in [0.717, 1.165) is 34.1 Å². The molecule has 1 unspecified atom stereocenters. The number of rotatable bonds is 5. The van der Waals surface area contributed by atoms with Gasteiger partial charge in [-0.3, -0.25) is 0 Å². The minimum atomic E-state index is -3.61. The average Bonchev–Trinajstić information content (AvgIpc) is 2.91. The van der Waals surface area contributed by atoms with Crippen molar-refractivity contribution in [1.82, 2.24) is 4.72 Å². The number of sulfonamides is 1. The Kier molecular flexibility index (Phi) is 4.58. The fraction of sp³-hybridized carbons (Fsp3) is 0.263. The highest BCUT2D eigenvalue weighted by molar-refractivity contribution is 7.92. The minimum absolute atomic E-state index is 0.0232. The molecule has 4 nitrogen and oxygen atoms in total. The average molecular weight is 343 g/mol. The third-order valence-corrected chi connectivity index (χ3v) is 5.45. The zero-order valence-corrected chi connectivity index (χ0v) is 14.4. The maximum atomic E-state index is 12.2. The summed E-state index contributed by atoms with van der Waals surface area (Å²) in [6, 6.07) is 15.2. The summed E-state index contributed by atoms with van der Waals surface area (Å²) >= 11 is 0. The summed E-state index contributed by atoms with van der Waals surface area (Å²) in [4.78, 5) is 0. The van der Waals surface area contributed by atoms with Crippen molar-refractivity contribution in [2.45, 2.75) is 25.4 Å². The van der Waals surface area contributed by atoms with Gasteiger partial charge in [-0.15, -0.1) is 0 Å². The Hall–Kier alpha value is -1.95. The number of fused-ring (bicyclic) bond motifs is 1. The number of aryl methyl sites for hydroxylation is 2. The second-order valence-electron chi connectivity index (χ2n) is 6.27. The first-order valence-corrected chi connectivity index (χ1v) is 9.48. The molecule has 0 fully saturated rings. The highest BCUT2D eigenvalue weighted by atomic mass is 32.2. The first kappa shape index (κ1) is 16.9. The lowest BCUT2D eigenvalue weighted by Gasteiger charge is -2.23. The van der Waals surface area contributed by atoms with Crippen LogP contribution in [0.5, 0.6) is 0 Å². The standard InChI is InChI=1S/C19H21NO3S/c1-15-6-8-16(9-7-15)11-13-24(22,23)20-14-19(21)12-10-17-4-2-3-5-18(17)19/h2-9,11,13,20-21H,10,12,14H2,1H3. The van der Waals surface area contributed by atoms with E-state index in [9.17, 15) is 13.5 Å². The molecule has 126 valence electrons. The van der Waals surface area contributed by atoms with Gasteiger partial charge < -0.3 is 5.11 Å². The van der Waals surface area contributed by atoms with Gasteiger partial charge in [-0.1, -0.05) is 54.1 Å². The van der Waals surface area contributed by atoms with Gasteiger partial charge in [0.2, 0.25) is 10.0 Å². The Bertz CT molecular complexity index is 856. The molecule has 5 heteroatoms. The van der Waals surface area contributed by atoms with Gasteiger partial charge in [0.25, 0.3) is 0 Å². The summed E-state index contributed by atoms with van der Waals surface area (Å²) < 4.78 is 26.8. The second-order valence-corrected chi connectivity index (χ2v) is 7.92. The van der Waals surface area contributed by atoms with Gasteiger partial charge in [0.1, 0.15) is 5.60 Å². The van der Waals surface area contributed by atoms with Crippen molar-refractivity contribution in [1.29, 1.82) is 0 Å². The SMILES string of the molecule is Cc1ccc(C=CS(=O)(=O)NCC2(O)CCc3ccccc32)cc1. The maximum Gasteiger partial charge on any atom is 0.233 e. The summed E-state index contributed by atoms with van der Waals surface area (Å²) in [5.74, 6) is 0. The summed E-state index contributed by atoms with van der Waals surface area (Å²) in [6.45, 7) is 1.95. The lowest BCUT2D eigenvalue weighted by atomic mass is 9.96. The molecule has 0 aliphatic heterocycles. The molecule has 0 saturated carbocycles. The second kappa shape index (κ2) is 6.51. The first-order chi connectivity index (χ1) is 11.4. The number of hydrogen-bond acceptors (Lipinski definition) is 3. The van der Waals surface area contributed by atoms with Crippen LogP contribution in [0.1, 0.15) is 28.7 Å². The minimum Gasteiger partial charge on any atom is -0.384 e. The normalized spacial score (nSPS) is 20.4. The van der Waals surface area contributed by atoms with Crippen molar-refractivity contribution >= 4 is 16.1 Å². The number of nitrogens with one attached hydrogen (secondary N) is 1. The van der Waals surface area contributed by atoms with Crippen LogP contribution >= 0.6 is 0 Å². The molecule has 2 aromatic rings. The van der Waals surface area contributed by atoms with Crippen molar-refractivity contribution in [2.24, 2.45) is 0 Å². The van der Waals surface area contributed by atoms with Crippen LogP contribution in [0.25, 0.3) is 6.08 Å². The number of aliphatic hydroxyl groups is 1. The van der Waals surface area contributed by atoms with E-state index in [1.165, 1.54) is 0 Å². The van der Waals surface area contributed by atoms with Gasteiger partial charge in [-0.2, -0.15) is 0 Å². The highest BCUT2D eigenvalue weighted by Crippen LogP contribution is 2.36. The van der Waals surface area contributed by atoms with E-state index in [0.29, 0.717) is 6.42 Å². The molecule has 0 saturated heterocycles. The molecule has 2 N–H and O–H groups in total. The summed E-state index contributed by atoms with van der Waals surface area (Å²) in [6.07, 6.45) is 2.83. The van der Waals surface area contributed by atoms with E-state index < -0.39 is 15.6 Å². The van der Waals surface area contributed by atoms with Gasteiger partial charge in [-0.25, -0.2) is 13.1 Å². The predicted octanol–water partition coefficient (Wildman–Crippen LogP) is 2.72. The van der Waals surface area contributed by atoms with Crippen molar-refractivity contribution in [3.63, 3.8) is 0 Å². The molecular formula is C19H21NO3S. The van der Waals surface area contributed by atoms with Gasteiger partial charge in [0.05, 0.1) is 0 Å². The number of hydrogen-bond donors (Lipinski definition) is 2. The van der Waals surface area contributed by atoms with E-state index in [2.05, 4.69) is 4.72 Å². The molecule has 0 bridgehead atoms. The smallest absolute Gasteiger partial charge is 0.233 e. The first-order valence-electron chi connectivity index (χ1n) is 7.93. The van der Waals surface area contributed by atoms with E-state index in [1.54, 1.807) is 6.08 Å². The van der Waals surface area contributed by atoms with Crippen LogP contribution in [0.15, 0.2) is 53.9 Å². The Balaban J connectivity index is 1.68. The van der Waals surface area contributed by atoms with E-state index in [1.807, 2.05) is 55.5 Å². The summed E-state index contributed by atoms with van der Waals surface area (Å²) in [7, 11) is -3.61. The van der Waals surface area contributed by atoms with E-state index in [-0.39, 0.29) is 6.54 Å². The molecule has 0 amide bonds. The van der Waals surface area contributed by atoms with Crippen LogP contribution in [0, 0.1) is 6.92 Å². The maximum absolute atomic E-state index is 12.2. The third-order valence-electron chi connectivity index (χ3n) is 4.41. The molecular weight excluding hydrogens is 322 g/mol. The quantitative estimate of drug-likeness (QED) is 0.877. The molecule has 1 atom stereocenters. The monoisotopic (exact) mass is 343 g/mol. The van der Waals surface area contributed by atoms with Gasteiger partial charge in [0.15, 0.2) is 0 Å². The highest BCUT2D eigenvalue weighted by Gasteiger charge is 2.36. The predicted molar refractivity (Wildman–Crippen MR) is 95.8 cm³/mol. The summed E-state index contributed by atoms with van der Waals surface area (Å²) in [5, 5.41) is 11.9. The largest absolute Gasteiger partial charge is 0.384 e. The zero-order chi connectivity index (χ0) is 17.2. The molecule has 24 heavy (non-hydrogen) atoms. The van der Waals surface area contributed by atoms with E-state index in [4.69, 9.17) is 0 Å². The van der Waals surface area contributed by atoms with Crippen molar-refractivity contribution in [3.05, 3.63) is 76.2 Å². The molecule has 1 aliphatic carbocycles.